The molecule has 0 saturated carbocycles. The lowest BCUT2D eigenvalue weighted by Gasteiger charge is -2.14. The second-order valence-electron chi connectivity index (χ2n) is 10.0. The fourth-order valence-electron chi connectivity index (χ4n) is 4.80. The van der Waals surface area contributed by atoms with Crippen LogP contribution in [0.15, 0.2) is 91.1 Å². The number of sulfonamides is 1. The van der Waals surface area contributed by atoms with Gasteiger partial charge in [0.2, 0.25) is 10.0 Å². The SMILES string of the molecule is CCC(c1ccc(-c2ccc(Oc3ccc(NS(=O)(=O)CC)c(C(=O)O)c3)cc2)cc1)c1ncc(-c2ccc(Cl)cc2Cl)[nH]1. The minimum absolute atomic E-state index is 0.0192. The lowest BCUT2D eigenvalue weighted by atomic mass is 9.93. The van der Waals surface area contributed by atoms with Crippen molar-refractivity contribution in [2.75, 3.05) is 10.5 Å². The molecule has 1 aromatic heterocycles. The Morgan fingerprint density at radius 3 is 2.20 bits per heavy atom. The van der Waals surface area contributed by atoms with Crippen molar-refractivity contribution in [2.24, 2.45) is 0 Å². The van der Waals surface area contributed by atoms with Gasteiger partial charge in [-0.3, -0.25) is 4.72 Å². The average Bonchev–Trinajstić information content (AvgIpc) is 3.48. The molecule has 0 bridgehead atoms. The lowest BCUT2D eigenvalue weighted by Crippen LogP contribution is -2.17. The van der Waals surface area contributed by atoms with Crippen LogP contribution in [0.3, 0.4) is 0 Å². The van der Waals surface area contributed by atoms with Crippen molar-refractivity contribution in [2.45, 2.75) is 26.2 Å². The maximum Gasteiger partial charge on any atom is 0.337 e. The third-order valence-electron chi connectivity index (χ3n) is 7.16. The number of hydrogen-bond donors (Lipinski definition) is 3. The molecule has 0 spiro atoms. The monoisotopic (exact) mass is 649 g/mol. The number of aromatic carboxylic acids is 1. The Morgan fingerprint density at radius 2 is 1.59 bits per heavy atom. The van der Waals surface area contributed by atoms with Gasteiger partial charge in [-0.25, -0.2) is 18.2 Å². The lowest BCUT2D eigenvalue weighted by molar-refractivity contribution is 0.0697. The molecule has 0 amide bonds. The van der Waals surface area contributed by atoms with Gasteiger partial charge in [0.1, 0.15) is 17.3 Å². The van der Waals surface area contributed by atoms with Gasteiger partial charge in [-0.1, -0.05) is 66.5 Å². The molecule has 1 unspecified atom stereocenters. The van der Waals surface area contributed by atoms with E-state index >= 15 is 0 Å². The Bertz CT molecular complexity index is 1910. The summed E-state index contributed by atoms with van der Waals surface area (Å²) in [5.41, 5.74) is 4.56. The van der Waals surface area contributed by atoms with Crippen LogP contribution in [0.1, 0.15) is 47.9 Å². The number of imidazole rings is 1. The second kappa shape index (κ2) is 13.1. The van der Waals surface area contributed by atoms with Crippen molar-refractivity contribution < 1.29 is 23.1 Å². The number of H-pyrrole nitrogens is 1. The average molecular weight is 651 g/mol. The smallest absolute Gasteiger partial charge is 0.337 e. The Hall–Kier alpha value is -4.31. The van der Waals surface area contributed by atoms with E-state index in [-0.39, 0.29) is 28.7 Å². The molecule has 0 radical (unpaired) electrons. The van der Waals surface area contributed by atoms with Gasteiger partial charge in [0.25, 0.3) is 0 Å². The van der Waals surface area contributed by atoms with Crippen molar-refractivity contribution in [1.82, 2.24) is 9.97 Å². The fourth-order valence-corrected chi connectivity index (χ4v) is 5.96. The summed E-state index contributed by atoms with van der Waals surface area (Å²) >= 11 is 12.4. The van der Waals surface area contributed by atoms with Gasteiger partial charge in [-0.05, 0) is 78.6 Å². The number of aromatic nitrogens is 2. The molecule has 11 heteroatoms. The molecule has 4 aromatic carbocycles. The predicted octanol–water partition coefficient (Wildman–Crippen LogP) is 8.84. The highest BCUT2D eigenvalue weighted by atomic mass is 35.5. The van der Waals surface area contributed by atoms with Gasteiger partial charge in [-0.15, -0.1) is 0 Å². The number of benzene rings is 4. The van der Waals surface area contributed by atoms with E-state index in [0.717, 1.165) is 40.2 Å². The van der Waals surface area contributed by atoms with Crippen LogP contribution in [0.5, 0.6) is 11.5 Å². The van der Waals surface area contributed by atoms with Crippen LogP contribution >= 0.6 is 23.2 Å². The summed E-state index contributed by atoms with van der Waals surface area (Å²) in [5, 5.41) is 10.7. The number of nitrogens with one attached hydrogen (secondary N) is 2. The largest absolute Gasteiger partial charge is 0.478 e. The van der Waals surface area contributed by atoms with Crippen molar-refractivity contribution in [1.29, 1.82) is 0 Å². The quantitative estimate of drug-likeness (QED) is 0.131. The van der Waals surface area contributed by atoms with Crippen molar-refractivity contribution in [3.8, 4) is 33.9 Å². The molecular formula is C33H29Cl2N3O5S. The summed E-state index contributed by atoms with van der Waals surface area (Å²) in [4.78, 5) is 19.8. The predicted molar refractivity (Wildman–Crippen MR) is 175 cm³/mol. The third kappa shape index (κ3) is 7.07. The molecule has 5 aromatic rings. The molecule has 5 rings (SSSR count). The number of carboxylic acids is 1. The van der Waals surface area contributed by atoms with Crippen molar-refractivity contribution >= 4 is 44.9 Å². The van der Waals surface area contributed by atoms with Crippen LogP contribution in [-0.4, -0.2) is 35.2 Å². The Balaban J connectivity index is 1.29. The van der Waals surface area contributed by atoms with Crippen LogP contribution in [0, 0.1) is 0 Å². The zero-order chi connectivity index (χ0) is 31.4. The van der Waals surface area contributed by atoms with Crippen molar-refractivity contribution in [3.63, 3.8) is 0 Å². The highest BCUT2D eigenvalue weighted by Crippen LogP contribution is 2.34. The number of ether oxygens (including phenoxy) is 1. The molecule has 0 aliphatic heterocycles. The molecule has 0 fully saturated rings. The van der Waals surface area contributed by atoms with E-state index in [1.165, 1.54) is 25.1 Å². The molecule has 0 saturated heterocycles. The van der Waals surface area contributed by atoms with E-state index in [4.69, 9.17) is 27.9 Å². The second-order valence-corrected chi connectivity index (χ2v) is 12.9. The minimum Gasteiger partial charge on any atom is -0.478 e. The normalized spacial score (nSPS) is 12.1. The fraction of sp³-hybridized carbons (Fsp3) is 0.152. The number of rotatable bonds is 11. The van der Waals surface area contributed by atoms with Gasteiger partial charge >= 0.3 is 5.97 Å². The molecule has 0 aliphatic carbocycles. The number of carboxylic acid groups (broad SMARTS) is 1. The van der Waals surface area contributed by atoms with E-state index < -0.39 is 16.0 Å². The first kappa shape index (κ1) is 31.1. The van der Waals surface area contributed by atoms with E-state index in [9.17, 15) is 18.3 Å². The van der Waals surface area contributed by atoms with Gasteiger partial charge in [0.15, 0.2) is 0 Å². The van der Waals surface area contributed by atoms with E-state index in [0.29, 0.717) is 15.8 Å². The summed E-state index contributed by atoms with van der Waals surface area (Å²) in [5.74, 6) is 0.244. The maximum atomic E-state index is 11.9. The first-order valence-electron chi connectivity index (χ1n) is 13.8. The van der Waals surface area contributed by atoms with Crippen LogP contribution in [0.25, 0.3) is 22.4 Å². The van der Waals surface area contributed by atoms with Crippen LogP contribution < -0.4 is 9.46 Å². The zero-order valence-corrected chi connectivity index (χ0v) is 26.2. The Kier molecular flexibility index (Phi) is 9.29. The number of nitrogens with zero attached hydrogens (tertiary/aromatic N) is 1. The summed E-state index contributed by atoms with van der Waals surface area (Å²) < 4.78 is 32.0. The summed E-state index contributed by atoms with van der Waals surface area (Å²) in [6, 6.07) is 25.3. The van der Waals surface area contributed by atoms with Crippen LogP contribution in [0.4, 0.5) is 5.69 Å². The van der Waals surface area contributed by atoms with E-state index in [2.05, 4.69) is 45.9 Å². The van der Waals surface area contributed by atoms with Gasteiger partial charge < -0.3 is 14.8 Å². The number of aromatic amines is 1. The minimum atomic E-state index is -3.63. The van der Waals surface area contributed by atoms with Gasteiger partial charge in [0, 0.05) is 16.5 Å². The Labute approximate surface area is 265 Å². The summed E-state index contributed by atoms with van der Waals surface area (Å²) in [7, 11) is -3.63. The van der Waals surface area contributed by atoms with Gasteiger partial charge in [0.05, 0.1) is 33.9 Å². The zero-order valence-electron chi connectivity index (χ0n) is 23.8. The van der Waals surface area contributed by atoms with Gasteiger partial charge in [-0.2, -0.15) is 0 Å². The molecule has 0 aliphatic rings. The third-order valence-corrected chi connectivity index (χ3v) is 9.00. The first-order valence-corrected chi connectivity index (χ1v) is 16.2. The number of anilines is 1. The molecule has 44 heavy (non-hydrogen) atoms. The maximum absolute atomic E-state index is 11.9. The highest BCUT2D eigenvalue weighted by molar-refractivity contribution is 7.92. The number of halogens is 2. The Morgan fingerprint density at radius 1 is 0.932 bits per heavy atom. The van der Waals surface area contributed by atoms with Crippen molar-refractivity contribution in [3.05, 3.63) is 118 Å². The topological polar surface area (TPSA) is 121 Å². The first-order chi connectivity index (χ1) is 21.1. The molecule has 8 nitrogen and oxygen atoms in total. The molecular weight excluding hydrogens is 621 g/mol. The standard InChI is InChI=1S/C33H29Cl2N3O5S/c1-3-26(32-36-19-31(37-32)27-15-11-23(34)17-29(27)35)22-7-5-20(6-8-22)21-9-12-24(13-10-21)43-25-14-16-30(28(18-25)33(39)40)38-44(41,42)4-2/h5-19,26,38H,3-4H2,1-2H3,(H,36,37)(H,39,40). The van der Waals surface area contributed by atoms with Crippen LogP contribution in [0.2, 0.25) is 10.0 Å². The molecule has 226 valence electrons. The summed E-state index contributed by atoms with van der Waals surface area (Å²) in [6.07, 6.45) is 2.64. The van der Waals surface area contributed by atoms with Crippen LogP contribution in [-0.2, 0) is 10.0 Å². The molecule has 1 atom stereocenters. The van der Waals surface area contributed by atoms with E-state index in [1.54, 1.807) is 30.5 Å². The number of carbonyl (C=O) groups is 1. The molecule has 1 heterocycles. The molecule has 3 N–H and O–H groups in total. The van der Waals surface area contributed by atoms with E-state index in [1.807, 2.05) is 18.2 Å². The summed E-state index contributed by atoms with van der Waals surface area (Å²) in [6.45, 7) is 3.59. The number of hydrogen-bond acceptors (Lipinski definition) is 5. The highest BCUT2D eigenvalue weighted by Gasteiger charge is 2.18.